The number of nitrogens with one attached hydrogen (secondary N) is 1. The lowest BCUT2D eigenvalue weighted by atomic mass is 9.93. The standard InChI is InChI=1S/C15H21N3O3S.C2HF3O2/c19-22(20,12-4-5-12)18-8-13-11(10-21-14(13)9-18)7-17-15-3-1-2-6-16-15;3-2(4,5)1(6)7/h1-3,6,11-14H,4-5,7-10H2,(H,16,17);(H,6,7)/t11-,13+,14+;/m0./s1. The molecular weight excluding hydrogens is 415 g/mol. The molecule has 0 amide bonds. The maximum Gasteiger partial charge on any atom is 0.490 e. The second-order valence-electron chi connectivity index (χ2n) is 7.26. The van der Waals surface area contributed by atoms with Crippen molar-refractivity contribution in [3.05, 3.63) is 24.4 Å². The Morgan fingerprint density at radius 1 is 1.31 bits per heavy atom. The van der Waals surface area contributed by atoms with E-state index >= 15 is 0 Å². The Morgan fingerprint density at radius 2 is 2.00 bits per heavy atom. The third kappa shape index (κ3) is 5.37. The van der Waals surface area contributed by atoms with E-state index in [1.165, 1.54) is 0 Å². The van der Waals surface area contributed by atoms with Crippen LogP contribution in [0.1, 0.15) is 12.8 Å². The molecular formula is C17H22F3N3O5S. The lowest BCUT2D eigenvalue weighted by Crippen LogP contribution is -2.34. The number of fused-ring (bicyclic) bond motifs is 1. The predicted octanol–water partition coefficient (Wildman–Crippen LogP) is 1.57. The van der Waals surface area contributed by atoms with Crippen LogP contribution in [0.5, 0.6) is 0 Å². The molecule has 29 heavy (non-hydrogen) atoms. The molecule has 162 valence electrons. The highest BCUT2D eigenvalue weighted by Gasteiger charge is 2.50. The molecule has 3 aliphatic rings. The number of carboxylic acid groups (broad SMARTS) is 1. The molecule has 0 aromatic carbocycles. The Balaban J connectivity index is 0.000000298. The van der Waals surface area contributed by atoms with Crippen molar-refractivity contribution in [2.24, 2.45) is 11.8 Å². The van der Waals surface area contributed by atoms with E-state index in [4.69, 9.17) is 14.6 Å². The first-order valence-corrected chi connectivity index (χ1v) is 10.6. The number of sulfonamides is 1. The third-order valence-electron chi connectivity index (χ3n) is 5.16. The molecule has 0 radical (unpaired) electrons. The van der Waals surface area contributed by atoms with Gasteiger partial charge >= 0.3 is 12.1 Å². The van der Waals surface area contributed by atoms with Crippen molar-refractivity contribution in [1.82, 2.24) is 9.29 Å². The summed E-state index contributed by atoms with van der Waals surface area (Å²) in [7, 11) is -3.08. The highest BCUT2D eigenvalue weighted by molar-refractivity contribution is 7.90. The Morgan fingerprint density at radius 3 is 2.55 bits per heavy atom. The maximum atomic E-state index is 12.4. The van der Waals surface area contributed by atoms with E-state index in [0.717, 1.165) is 25.2 Å². The average Bonchev–Trinajstić information content (AvgIpc) is 3.33. The van der Waals surface area contributed by atoms with Crippen LogP contribution in [0.4, 0.5) is 19.0 Å². The number of carbonyl (C=O) groups is 1. The van der Waals surface area contributed by atoms with Crippen LogP contribution < -0.4 is 5.32 Å². The van der Waals surface area contributed by atoms with Crippen molar-refractivity contribution in [2.45, 2.75) is 30.4 Å². The summed E-state index contributed by atoms with van der Waals surface area (Å²) in [5, 5.41) is 10.3. The summed E-state index contributed by atoms with van der Waals surface area (Å²) >= 11 is 0. The topological polar surface area (TPSA) is 109 Å². The SMILES string of the molecule is O=C(O)C(F)(F)F.O=S(=O)(C1CC1)N1C[C@@H]2[C@@H](CNc3ccccn3)CO[C@@H]2C1. The van der Waals surface area contributed by atoms with Crippen LogP contribution in [0, 0.1) is 11.8 Å². The van der Waals surface area contributed by atoms with Gasteiger partial charge in [-0.1, -0.05) is 6.07 Å². The minimum absolute atomic E-state index is 0.0593. The first-order chi connectivity index (χ1) is 13.6. The Hall–Kier alpha value is -1.92. The zero-order valence-electron chi connectivity index (χ0n) is 15.4. The van der Waals surface area contributed by atoms with Crippen molar-refractivity contribution in [3.8, 4) is 0 Å². The number of rotatable bonds is 5. The molecule has 3 heterocycles. The summed E-state index contributed by atoms with van der Waals surface area (Å²) in [4.78, 5) is 13.1. The monoisotopic (exact) mass is 437 g/mol. The highest BCUT2D eigenvalue weighted by atomic mass is 32.2. The molecule has 1 saturated carbocycles. The molecule has 0 unspecified atom stereocenters. The van der Waals surface area contributed by atoms with Crippen molar-refractivity contribution in [1.29, 1.82) is 0 Å². The van der Waals surface area contributed by atoms with E-state index in [-0.39, 0.29) is 11.4 Å². The maximum absolute atomic E-state index is 12.4. The number of aliphatic carboxylic acids is 1. The number of halogens is 3. The van der Waals surface area contributed by atoms with Crippen LogP contribution in [0.3, 0.4) is 0 Å². The van der Waals surface area contributed by atoms with Crippen LogP contribution in [0.25, 0.3) is 0 Å². The first-order valence-electron chi connectivity index (χ1n) is 9.14. The molecule has 4 rings (SSSR count). The number of hydrogen-bond donors (Lipinski definition) is 2. The van der Waals surface area contributed by atoms with E-state index < -0.39 is 22.2 Å². The average molecular weight is 437 g/mol. The lowest BCUT2D eigenvalue weighted by Gasteiger charge is -2.20. The van der Waals surface area contributed by atoms with Gasteiger partial charge in [0.2, 0.25) is 10.0 Å². The second kappa shape index (κ2) is 8.44. The predicted molar refractivity (Wildman–Crippen MR) is 96.7 cm³/mol. The number of carboxylic acids is 1. The number of aromatic nitrogens is 1. The van der Waals surface area contributed by atoms with E-state index in [2.05, 4.69) is 10.3 Å². The van der Waals surface area contributed by atoms with E-state index in [1.54, 1.807) is 10.5 Å². The number of alkyl halides is 3. The van der Waals surface area contributed by atoms with Crippen molar-refractivity contribution < 1.29 is 36.2 Å². The fraction of sp³-hybridized carbons (Fsp3) is 0.647. The number of pyridine rings is 1. The minimum Gasteiger partial charge on any atom is -0.475 e. The summed E-state index contributed by atoms with van der Waals surface area (Å²) in [6, 6.07) is 5.77. The van der Waals surface area contributed by atoms with Gasteiger partial charge in [0.25, 0.3) is 0 Å². The van der Waals surface area contributed by atoms with Gasteiger partial charge in [0.1, 0.15) is 5.82 Å². The van der Waals surface area contributed by atoms with Gasteiger partial charge in [0.15, 0.2) is 0 Å². The summed E-state index contributed by atoms with van der Waals surface area (Å²) < 4.78 is 63.9. The molecule has 2 aliphatic heterocycles. The number of anilines is 1. The Bertz CT molecular complexity index is 817. The zero-order valence-corrected chi connectivity index (χ0v) is 16.2. The third-order valence-corrected chi connectivity index (χ3v) is 7.50. The quantitative estimate of drug-likeness (QED) is 0.720. The van der Waals surface area contributed by atoms with Gasteiger partial charge in [-0.2, -0.15) is 17.5 Å². The molecule has 3 fully saturated rings. The van der Waals surface area contributed by atoms with Crippen LogP contribution in [-0.4, -0.2) is 72.6 Å². The molecule has 8 nitrogen and oxygen atoms in total. The van der Waals surface area contributed by atoms with Gasteiger partial charge < -0.3 is 15.2 Å². The normalized spacial score (nSPS) is 27.1. The van der Waals surface area contributed by atoms with Gasteiger partial charge in [0, 0.05) is 37.7 Å². The van der Waals surface area contributed by atoms with E-state index in [9.17, 15) is 21.6 Å². The number of ether oxygens (including phenoxy) is 1. The van der Waals surface area contributed by atoms with Gasteiger partial charge in [-0.15, -0.1) is 0 Å². The first kappa shape index (κ1) is 21.8. The van der Waals surface area contributed by atoms with Gasteiger partial charge in [-0.25, -0.2) is 18.2 Å². The van der Waals surface area contributed by atoms with Gasteiger partial charge in [-0.3, -0.25) is 0 Å². The molecule has 2 saturated heterocycles. The molecule has 0 spiro atoms. The second-order valence-corrected chi connectivity index (χ2v) is 9.47. The zero-order chi connectivity index (χ0) is 21.2. The molecule has 1 aromatic rings. The summed E-state index contributed by atoms with van der Waals surface area (Å²) in [6.07, 6.45) is -1.63. The van der Waals surface area contributed by atoms with Gasteiger partial charge in [-0.05, 0) is 25.0 Å². The Kier molecular flexibility index (Phi) is 6.34. The smallest absolute Gasteiger partial charge is 0.475 e. The molecule has 2 N–H and O–H groups in total. The largest absolute Gasteiger partial charge is 0.490 e. The van der Waals surface area contributed by atoms with Crippen molar-refractivity contribution in [2.75, 3.05) is 31.6 Å². The molecule has 0 bridgehead atoms. The summed E-state index contributed by atoms with van der Waals surface area (Å²) in [6.45, 7) is 2.61. The highest BCUT2D eigenvalue weighted by Crippen LogP contribution is 2.39. The van der Waals surface area contributed by atoms with Crippen LogP contribution >= 0.6 is 0 Å². The van der Waals surface area contributed by atoms with Gasteiger partial charge in [0.05, 0.1) is 18.0 Å². The van der Waals surface area contributed by atoms with E-state index in [0.29, 0.717) is 31.5 Å². The number of hydrogen-bond acceptors (Lipinski definition) is 6. The summed E-state index contributed by atoms with van der Waals surface area (Å²) in [5.74, 6) is -1.27. The van der Waals surface area contributed by atoms with Crippen LogP contribution in [0.2, 0.25) is 0 Å². The van der Waals surface area contributed by atoms with Crippen LogP contribution in [0.15, 0.2) is 24.4 Å². The lowest BCUT2D eigenvalue weighted by molar-refractivity contribution is -0.192. The summed E-state index contributed by atoms with van der Waals surface area (Å²) in [5.41, 5.74) is 0. The fourth-order valence-electron chi connectivity index (χ4n) is 3.46. The molecule has 3 atom stereocenters. The van der Waals surface area contributed by atoms with Crippen molar-refractivity contribution >= 4 is 21.8 Å². The van der Waals surface area contributed by atoms with E-state index in [1.807, 2.05) is 18.2 Å². The molecule has 1 aliphatic carbocycles. The Labute approximate surface area is 166 Å². The van der Waals surface area contributed by atoms with Crippen molar-refractivity contribution in [3.63, 3.8) is 0 Å². The molecule has 1 aromatic heterocycles. The molecule has 12 heteroatoms. The number of nitrogens with zero attached hydrogens (tertiary/aromatic N) is 2. The fourth-order valence-corrected chi connectivity index (χ4v) is 5.35. The van der Waals surface area contributed by atoms with Crippen LogP contribution in [-0.2, 0) is 19.6 Å². The minimum atomic E-state index is -5.08.